The maximum atomic E-state index is 13.6. The van der Waals surface area contributed by atoms with Gasteiger partial charge >= 0.3 is 0 Å². The van der Waals surface area contributed by atoms with E-state index in [1.165, 1.54) is 0 Å². The van der Waals surface area contributed by atoms with Crippen molar-refractivity contribution in [2.45, 2.75) is 45.3 Å². The highest BCUT2D eigenvalue weighted by Gasteiger charge is 2.26. The Balaban J connectivity index is 1.61. The van der Waals surface area contributed by atoms with Gasteiger partial charge in [0.15, 0.2) is 0 Å². The highest BCUT2D eigenvalue weighted by atomic mass is 16.2. The van der Waals surface area contributed by atoms with Crippen molar-refractivity contribution >= 4 is 51.6 Å². The topological polar surface area (TPSA) is 232 Å². The Hall–Kier alpha value is -5.60. The quantitative estimate of drug-likeness (QED) is 0.196. The van der Waals surface area contributed by atoms with Crippen molar-refractivity contribution in [3.05, 3.63) is 88.5 Å². The van der Waals surface area contributed by atoms with E-state index in [9.17, 15) is 9.59 Å². The van der Waals surface area contributed by atoms with Crippen LogP contribution in [0.4, 0.5) is 39.8 Å². The summed E-state index contributed by atoms with van der Waals surface area (Å²) in [7, 11) is 0. The zero-order valence-electron chi connectivity index (χ0n) is 24.9. The molecule has 15 N–H and O–H groups in total. The monoisotopic (exact) mass is 593 g/mol. The molecule has 1 aliphatic rings. The number of para-hydroxylation sites is 1. The summed E-state index contributed by atoms with van der Waals surface area (Å²) < 4.78 is 0. The molecular weight excluding hydrogens is 554 g/mol. The number of amides is 2. The third kappa shape index (κ3) is 6.56. The van der Waals surface area contributed by atoms with E-state index in [1.54, 1.807) is 30.9 Å². The van der Waals surface area contributed by atoms with Crippen molar-refractivity contribution in [3.8, 4) is 11.8 Å². The van der Waals surface area contributed by atoms with Gasteiger partial charge in [-0.15, -0.1) is 0 Å². The molecule has 44 heavy (non-hydrogen) atoms. The Labute approximate surface area is 257 Å². The third-order valence-electron chi connectivity index (χ3n) is 7.59. The molecule has 1 aliphatic heterocycles. The molecule has 0 aliphatic carbocycles. The standard InChI is InChI=1S/C33H39N9O2/c1-33(2,23-15-22(17-34)28(36)30(38)32(40)31(39)29(37)24(35)16-23)41-26(43)13-14-27(44)42-18-21-9-4-3-7-19(21)11-12-20-8-5-6-10-25(20)42/h3-10,15-16H,13-14,17-18,34-40H2,1-2H3,(H,41,43). The van der Waals surface area contributed by atoms with Crippen LogP contribution in [-0.2, 0) is 28.2 Å². The van der Waals surface area contributed by atoms with Gasteiger partial charge in [-0.1, -0.05) is 42.2 Å². The van der Waals surface area contributed by atoms with Crippen molar-refractivity contribution in [1.82, 2.24) is 5.32 Å². The van der Waals surface area contributed by atoms with E-state index in [0.29, 0.717) is 23.4 Å². The van der Waals surface area contributed by atoms with E-state index in [2.05, 4.69) is 17.2 Å². The molecule has 3 aromatic carbocycles. The number of benzene rings is 2. The SMILES string of the molecule is CC(C)(NC(=O)CCC(=O)N1Cc2ccccc2C#Cc2ccccc21)c1cc(N)c(N)c(N)c(N)c(N)c(N)c(CN)c1. The average molecular weight is 594 g/mol. The summed E-state index contributed by atoms with van der Waals surface area (Å²) in [5, 5.41) is 2.99. The summed E-state index contributed by atoms with van der Waals surface area (Å²) >= 11 is 0. The van der Waals surface area contributed by atoms with E-state index in [0.717, 1.165) is 16.7 Å². The number of nitrogens with zero attached hydrogens (tertiary/aromatic N) is 1. The van der Waals surface area contributed by atoms with Crippen LogP contribution in [0.2, 0.25) is 0 Å². The molecule has 11 nitrogen and oxygen atoms in total. The van der Waals surface area contributed by atoms with Gasteiger partial charge in [0.2, 0.25) is 11.8 Å². The average Bonchev–Trinajstić information content (AvgIpc) is 3.00. The Morgan fingerprint density at radius 3 is 2.09 bits per heavy atom. The van der Waals surface area contributed by atoms with Crippen LogP contribution in [0.25, 0.3) is 0 Å². The minimum Gasteiger partial charge on any atom is -0.397 e. The predicted molar refractivity (Wildman–Crippen MR) is 179 cm³/mol. The lowest BCUT2D eigenvalue weighted by Gasteiger charge is -2.28. The number of fused-ring (bicyclic) bond motifs is 2. The van der Waals surface area contributed by atoms with Crippen LogP contribution in [0.5, 0.6) is 0 Å². The minimum atomic E-state index is -1.01. The van der Waals surface area contributed by atoms with Crippen molar-refractivity contribution in [2.24, 2.45) is 5.73 Å². The smallest absolute Gasteiger partial charge is 0.227 e. The van der Waals surface area contributed by atoms with Gasteiger partial charge in [0, 0.05) is 30.5 Å². The first kappa shape index (κ1) is 31.3. The molecule has 0 radical (unpaired) electrons. The molecule has 228 valence electrons. The van der Waals surface area contributed by atoms with Gasteiger partial charge in [-0.3, -0.25) is 9.59 Å². The van der Waals surface area contributed by atoms with Gasteiger partial charge in [-0.2, -0.15) is 0 Å². The summed E-state index contributed by atoms with van der Waals surface area (Å²) in [6, 6.07) is 18.4. The molecule has 0 fully saturated rings. The first-order valence-electron chi connectivity index (χ1n) is 14.0. The normalized spacial score (nSPS) is 11.9. The molecule has 0 aromatic heterocycles. The van der Waals surface area contributed by atoms with Crippen LogP contribution in [0.1, 0.15) is 54.5 Å². The number of nitrogens with one attached hydrogen (secondary N) is 1. The molecule has 0 spiro atoms. The first-order chi connectivity index (χ1) is 20.8. The zero-order chi connectivity index (χ0) is 32.2. The Morgan fingerprint density at radius 1 is 0.795 bits per heavy atom. The lowest BCUT2D eigenvalue weighted by Crippen LogP contribution is -2.41. The van der Waals surface area contributed by atoms with Crippen LogP contribution in [0.3, 0.4) is 0 Å². The van der Waals surface area contributed by atoms with E-state index in [-0.39, 0.29) is 65.3 Å². The highest BCUT2D eigenvalue weighted by Crippen LogP contribution is 2.35. The Kier molecular flexibility index (Phi) is 9.06. The second-order valence-electron chi connectivity index (χ2n) is 11.1. The van der Waals surface area contributed by atoms with Gasteiger partial charge < -0.3 is 50.4 Å². The van der Waals surface area contributed by atoms with E-state index in [1.807, 2.05) is 48.5 Å². The fraction of sp³-hybridized carbons (Fsp3) is 0.212. The summed E-state index contributed by atoms with van der Waals surface area (Å²) in [5.74, 6) is 5.82. The van der Waals surface area contributed by atoms with Crippen molar-refractivity contribution < 1.29 is 9.59 Å². The van der Waals surface area contributed by atoms with Gasteiger partial charge in [0.05, 0.1) is 51.9 Å². The second kappa shape index (κ2) is 12.7. The van der Waals surface area contributed by atoms with Gasteiger partial charge in [0.1, 0.15) is 0 Å². The van der Waals surface area contributed by atoms with E-state index < -0.39 is 5.54 Å². The fourth-order valence-electron chi connectivity index (χ4n) is 4.89. The predicted octanol–water partition coefficient (Wildman–Crippen LogP) is 2.84. The number of carbonyl (C=O) groups is 2. The van der Waals surface area contributed by atoms with Crippen LogP contribution < -0.4 is 50.4 Å². The third-order valence-corrected chi connectivity index (χ3v) is 7.59. The van der Waals surface area contributed by atoms with Crippen LogP contribution >= 0.6 is 0 Å². The molecule has 0 bridgehead atoms. The molecule has 3 aromatic rings. The molecule has 1 heterocycles. The number of anilines is 7. The number of rotatable bonds is 6. The molecule has 2 amide bonds. The van der Waals surface area contributed by atoms with Crippen molar-refractivity contribution in [2.75, 3.05) is 39.3 Å². The molecule has 0 atom stereocenters. The maximum absolute atomic E-state index is 13.6. The second-order valence-corrected chi connectivity index (χ2v) is 11.1. The summed E-state index contributed by atoms with van der Waals surface area (Å²) in [6.45, 7) is 3.90. The van der Waals surface area contributed by atoms with Gasteiger partial charge in [-0.25, -0.2) is 0 Å². The van der Waals surface area contributed by atoms with Crippen molar-refractivity contribution in [3.63, 3.8) is 0 Å². The zero-order valence-corrected chi connectivity index (χ0v) is 24.9. The lowest BCUT2D eigenvalue weighted by molar-refractivity contribution is -0.126. The maximum Gasteiger partial charge on any atom is 0.227 e. The van der Waals surface area contributed by atoms with Crippen LogP contribution in [0.15, 0.2) is 60.7 Å². The molecule has 0 unspecified atom stereocenters. The Bertz CT molecular complexity index is 1750. The van der Waals surface area contributed by atoms with Crippen LogP contribution in [0, 0.1) is 11.8 Å². The molecule has 11 heteroatoms. The molecule has 4 rings (SSSR count). The van der Waals surface area contributed by atoms with Crippen LogP contribution in [-0.4, -0.2) is 11.8 Å². The number of hydrogen-bond donors (Lipinski definition) is 8. The molecule has 0 saturated heterocycles. The fourth-order valence-corrected chi connectivity index (χ4v) is 4.89. The highest BCUT2D eigenvalue weighted by molar-refractivity contribution is 5.97. The first-order valence-corrected chi connectivity index (χ1v) is 14.0. The lowest BCUT2D eigenvalue weighted by atomic mass is 9.92. The van der Waals surface area contributed by atoms with Gasteiger partial charge in [0.25, 0.3) is 0 Å². The molecular formula is C33H39N9O2. The number of hydrogen-bond acceptors (Lipinski definition) is 9. The summed E-state index contributed by atoms with van der Waals surface area (Å²) in [4.78, 5) is 28.6. The summed E-state index contributed by atoms with van der Waals surface area (Å²) in [5.41, 5.74) is 46.4. The van der Waals surface area contributed by atoms with E-state index in [4.69, 9.17) is 40.1 Å². The van der Waals surface area contributed by atoms with Gasteiger partial charge in [-0.05, 0) is 60.9 Å². The number of nitrogens with two attached hydrogens (primary N) is 7. The minimum absolute atomic E-state index is 0.00728. The van der Waals surface area contributed by atoms with Crippen molar-refractivity contribution in [1.29, 1.82) is 0 Å². The number of carbonyl (C=O) groups excluding carboxylic acids is 2. The number of nitrogen functional groups attached to an aromatic ring is 6. The Morgan fingerprint density at radius 2 is 1.39 bits per heavy atom. The summed E-state index contributed by atoms with van der Waals surface area (Å²) in [6.07, 6.45) is -0.0970. The molecule has 0 saturated carbocycles. The largest absolute Gasteiger partial charge is 0.397 e. The van der Waals surface area contributed by atoms with E-state index >= 15 is 0 Å².